The normalized spacial score (nSPS) is 25.1. The van der Waals surface area contributed by atoms with E-state index < -0.39 is 104 Å². The first-order chi connectivity index (χ1) is 23.9. The van der Waals surface area contributed by atoms with Gasteiger partial charge in [-0.05, 0) is 50.2 Å². The number of benzene rings is 1. The number of sulfonamides is 1. The summed E-state index contributed by atoms with van der Waals surface area (Å²) in [6, 6.07) is 1.32. The minimum absolute atomic E-state index is 0.00732. The molecule has 5 amide bonds. The van der Waals surface area contributed by atoms with Gasteiger partial charge in [-0.3, -0.25) is 28.8 Å². The second kappa shape index (κ2) is 13.3. The molecule has 0 spiro atoms. The van der Waals surface area contributed by atoms with Crippen molar-refractivity contribution in [2.24, 2.45) is 16.7 Å². The number of amides is 5. The molecule has 3 fully saturated rings. The molecule has 0 bridgehead atoms. The lowest BCUT2D eigenvalue weighted by Gasteiger charge is -2.37. The lowest BCUT2D eigenvalue weighted by molar-refractivity contribution is -0.212. The Morgan fingerprint density at radius 2 is 1.71 bits per heavy atom. The van der Waals surface area contributed by atoms with Crippen LogP contribution in [-0.4, -0.2) is 89.6 Å². The zero-order chi connectivity index (χ0) is 38.8. The predicted molar refractivity (Wildman–Crippen MR) is 177 cm³/mol. The Bertz CT molecular complexity index is 1790. The first-order valence-corrected chi connectivity index (χ1v) is 18.4. The van der Waals surface area contributed by atoms with E-state index in [1.165, 1.54) is 43.9 Å². The largest absolute Gasteiger partial charge is 0.444 e. The van der Waals surface area contributed by atoms with Gasteiger partial charge in [-0.2, -0.15) is 13.2 Å². The van der Waals surface area contributed by atoms with E-state index in [0.29, 0.717) is 37.8 Å². The SMILES string of the molecule is C=C[C@@H]1C[C@]1(NC(=O)[C@@H]1CC(OC(=O)N2Cc3cccc(F)c3C2)CN1C(=O)[C@@H](NC(=O)C(C)(C)C(F)(F)F)C(C)(C)C)C(=O)NS(=O)(=O)C1CC1. The topological polar surface area (TPSA) is 171 Å². The van der Waals surface area contributed by atoms with Crippen LogP contribution in [0, 0.1) is 22.6 Å². The summed E-state index contributed by atoms with van der Waals surface area (Å²) in [5, 5.41) is 4.05. The van der Waals surface area contributed by atoms with Crippen molar-refractivity contribution in [3.8, 4) is 0 Å². The number of nitrogens with one attached hydrogen (secondary N) is 3. The van der Waals surface area contributed by atoms with Crippen LogP contribution >= 0.6 is 0 Å². The molecule has 18 heteroatoms. The van der Waals surface area contributed by atoms with Gasteiger partial charge < -0.3 is 20.3 Å². The van der Waals surface area contributed by atoms with E-state index in [1.807, 2.05) is 4.72 Å². The second-order valence-corrected chi connectivity index (χ2v) is 17.5. The average Bonchev–Trinajstić information content (AvgIpc) is 3.92. The Hall–Kier alpha value is -4.22. The van der Waals surface area contributed by atoms with Crippen molar-refractivity contribution < 1.29 is 54.7 Å². The van der Waals surface area contributed by atoms with Crippen molar-refractivity contribution in [3.05, 3.63) is 47.8 Å². The molecule has 286 valence electrons. The van der Waals surface area contributed by atoms with Crippen LogP contribution in [0.2, 0.25) is 0 Å². The number of likely N-dealkylation sites (tertiary alicyclic amines) is 1. The molecule has 1 aromatic rings. The van der Waals surface area contributed by atoms with E-state index >= 15 is 0 Å². The summed E-state index contributed by atoms with van der Waals surface area (Å²) in [6.07, 6.45) is -5.22. The fourth-order valence-corrected chi connectivity index (χ4v) is 7.74. The Kier molecular flexibility index (Phi) is 9.99. The molecule has 4 aliphatic rings. The summed E-state index contributed by atoms with van der Waals surface area (Å²) < 4.78 is 88.6. The van der Waals surface area contributed by atoms with Gasteiger partial charge in [0.2, 0.25) is 27.7 Å². The van der Waals surface area contributed by atoms with Gasteiger partial charge in [-0.25, -0.2) is 17.6 Å². The fraction of sp³-hybridized carbons (Fsp3) is 0.618. The molecule has 2 aliphatic heterocycles. The molecule has 5 rings (SSSR count). The van der Waals surface area contributed by atoms with E-state index in [2.05, 4.69) is 17.2 Å². The van der Waals surface area contributed by atoms with Crippen molar-refractivity contribution in [1.82, 2.24) is 25.2 Å². The van der Waals surface area contributed by atoms with E-state index in [4.69, 9.17) is 4.74 Å². The highest BCUT2D eigenvalue weighted by Crippen LogP contribution is 2.46. The third-order valence-corrected chi connectivity index (χ3v) is 12.0. The van der Waals surface area contributed by atoms with Crippen LogP contribution < -0.4 is 15.4 Å². The third-order valence-electron chi connectivity index (χ3n) is 10.2. The monoisotopic (exact) mass is 757 g/mol. The molecule has 1 aromatic carbocycles. The molecular weight excluding hydrogens is 714 g/mol. The van der Waals surface area contributed by atoms with Crippen LogP contribution in [-0.2, 0) is 47.0 Å². The smallest absolute Gasteiger partial charge is 0.410 e. The molecule has 1 unspecified atom stereocenters. The van der Waals surface area contributed by atoms with Gasteiger partial charge in [0.25, 0.3) is 5.91 Å². The molecule has 2 aliphatic carbocycles. The number of halogens is 4. The van der Waals surface area contributed by atoms with Gasteiger partial charge in [0.15, 0.2) is 0 Å². The van der Waals surface area contributed by atoms with Crippen LogP contribution in [0.15, 0.2) is 30.9 Å². The maximum Gasteiger partial charge on any atom is 0.410 e. The van der Waals surface area contributed by atoms with E-state index in [0.717, 1.165) is 4.90 Å². The van der Waals surface area contributed by atoms with Crippen LogP contribution in [0.1, 0.15) is 71.4 Å². The lowest BCUT2D eigenvalue weighted by Crippen LogP contribution is -2.61. The van der Waals surface area contributed by atoms with Gasteiger partial charge in [0.05, 0.1) is 18.3 Å². The Morgan fingerprint density at radius 3 is 2.25 bits per heavy atom. The van der Waals surface area contributed by atoms with Crippen LogP contribution in [0.3, 0.4) is 0 Å². The number of carbonyl (C=O) groups excluding carboxylic acids is 5. The number of fused-ring (bicyclic) bond motifs is 1. The zero-order valence-electron chi connectivity index (χ0n) is 29.4. The molecule has 5 atom stereocenters. The van der Waals surface area contributed by atoms with Gasteiger partial charge in [0, 0.05) is 24.4 Å². The highest BCUT2D eigenvalue weighted by molar-refractivity contribution is 7.91. The van der Waals surface area contributed by atoms with Gasteiger partial charge in [0.1, 0.15) is 35.0 Å². The van der Waals surface area contributed by atoms with E-state index in [-0.39, 0.29) is 25.9 Å². The van der Waals surface area contributed by atoms with E-state index in [1.54, 1.807) is 6.07 Å². The number of alkyl halides is 3. The summed E-state index contributed by atoms with van der Waals surface area (Å²) >= 11 is 0. The van der Waals surface area contributed by atoms with Gasteiger partial charge >= 0.3 is 12.3 Å². The van der Waals surface area contributed by atoms with Crippen molar-refractivity contribution in [2.45, 2.75) is 109 Å². The molecule has 1 saturated heterocycles. The summed E-state index contributed by atoms with van der Waals surface area (Å²) in [6.45, 7) is 8.99. The van der Waals surface area contributed by atoms with Crippen molar-refractivity contribution in [2.75, 3.05) is 6.54 Å². The first kappa shape index (κ1) is 39.0. The molecular formula is C34H43F4N5O8S. The third kappa shape index (κ3) is 7.48. The molecule has 13 nitrogen and oxygen atoms in total. The minimum Gasteiger partial charge on any atom is -0.444 e. The van der Waals surface area contributed by atoms with Crippen LogP contribution in [0.4, 0.5) is 22.4 Å². The fourth-order valence-electron chi connectivity index (χ4n) is 6.38. The molecule has 0 radical (unpaired) electrons. The number of rotatable bonds is 10. The van der Waals surface area contributed by atoms with Gasteiger partial charge in [-0.15, -0.1) is 6.58 Å². The maximum absolute atomic E-state index is 14.4. The minimum atomic E-state index is -4.97. The highest BCUT2D eigenvalue weighted by Gasteiger charge is 2.62. The second-order valence-electron chi connectivity index (χ2n) is 15.6. The Morgan fingerprint density at radius 1 is 1.06 bits per heavy atom. The maximum atomic E-state index is 14.4. The van der Waals surface area contributed by atoms with Crippen LogP contribution in [0.25, 0.3) is 0 Å². The molecule has 0 aromatic heterocycles. The number of nitrogens with zero attached hydrogens (tertiary/aromatic N) is 2. The van der Waals surface area contributed by atoms with Crippen molar-refractivity contribution in [3.63, 3.8) is 0 Å². The summed E-state index contributed by atoms with van der Waals surface area (Å²) in [5.41, 5.74) is -4.95. The quantitative estimate of drug-likeness (QED) is 0.242. The molecule has 3 N–H and O–H groups in total. The number of carbonyl (C=O) groups is 5. The van der Waals surface area contributed by atoms with Gasteiger partial charge in [-0.1, -0.05) is 39.0 Å². The van der Waals surface area contributed by atoms with E-state index in [9.17, 15) is 50.0 Å². The molecule has 52 heavy (non-hydrogen) atoms. The number of ether oxygens (including phenoxy) is 1. The zero-order valence-corrected chi connectivity index (χ0v) is 30.3. The van der Waals surface area contributed by atoms with Crippen molar-refractivity contribution in [1.29, 1.82) is 0 Å². The Balaban J connectivity index is 1.41. The number of hydrogen-bond acceptors (Lipinski definition) is 8. The Labute approximate surface area is 298 Å². The summed E-state index contributed by atoms with van der Waals surface area (Å²) in [4.78, 5) is 70.2. The van der Waals surface area contributed by atoms with Crippen LogP contribution in [0.5, 0.6) is 0 Å². The average molecular weight is 758 g/mol. The van der Waals surface area contributed by atoms with Crippen molar-refractivity contribution >= 4 is 39.7 Å². The summed E-state index contributed by atoms with van der Waals surface area (Å²) in [5.74, 6) is -5.55. The molecule has 2 heterocycles. The first-order valence-electron chi connectivity index (χ1n) is 16.8. The lowest BCUT2D eigenvalue weighted by atomic mass is 9.83. The predicted octanol–water partition coefficient (Wildman–Crippen LogP) is 3.04. The number of hydrogen-bond donors (Lipinski definition) is 3. The molecule has 2 saturated carbocycles. The highest BCUT2D eigenvalue weighted by atomic mass is 32.2. The summed E-state index contributed by atoms with van der Waals surface area (Å²) in [7, 11) is -4.01. The standard InChI is InChI=1S/C34H43F4N5O8S/c1-7-19-14-33(19,29(47)41-52(49,50)21-11-12-21)40-26(44)24-13-20(51-30(48)42-15-18-9-8-10-23(35)22(18)17-42)16-43(24)27(45)25(31(2,3)4)39-28(46)32(5,6)34(36,37)38/h7-10,19-21,24-25H,1,11-17H2,2-6H3,(H,39,46)(H,40,44)(H,41,47)/t19-,20?,24+,25-,33-/m1/s1.